The summed E-state index contributed by atoms with van der Waals surface area (Å²) in [4.78, 5) is 0. The molecule has 0 fully saturated rings. The van der Waals surface area contributed by atoms with Crippen molar-refractivity contribution >= 4 is 6.08 Å². The molecule has 0 aromatic heterocycles. The second kappa shape index (κ2) is 6.59. The van der Waals surface area contributed by atoms with Crippen molar-refractivity contribution in [3.8, 4) is 11.1 Å². The maximum Gasteiger partial charge on any atom is 0.130 e. The Kier molecular flexibility index (Phi) is 4.96. The van der Waals surface area contributed by atoms with Crippen molar-refractivity contribution in [2.45, 2.75) is 45.8 Å². The van der Waals surface area contributed by atoms with Crippen LogP contribution in [-0.4, -0.2) is 16.3 Å². The van der Waals surface area contributed by atoms with Gasteiger partial charge in [0.25, 0.3) is 0 Å². The highest BCUT2D eigenvalue weighted by atomic mass is 16.5. The lowest BCUT2D eigenvalue weighted by atomic mass is 9.89. The predicted octanol–water partition coefficient (Wildman–Crippen LogP) is 5.20. The van der Waals surface area contributed by atoms with Crippen molar-refractivity contribution < 1.29 is 9.84 Å². The second-order valence-electron chi connectivity index (χ2n) is 6.88. The first-order chi connectivity index (χ1) is 10.7. The minimum atomic E-state index is -0.918. The van der Waals surface area contributed by atoms with Crippen LogP contribution in [0.25, 0.3) is 17.2 Å². The van der Waals surface area contributed by atoms with E-state index < -0.39 is 11.2 Å². The van der Waals surface area contributed by atoms with E-state index >= 15 is 0 Å². The number of hydrogen-bond acceptors (Lipinski definition) is 2. The van der Waals surface area contributed by atoms with Gasteiger partial charge >= 0.3 is 0 Å². The van der Waals surface area contributed by atoms with Crippen LogP contribution >= 0.6 is 0 Å². The smallest absolute Gasteiger partial charge is 0.130 e. The quantitative estimate of drug-likeness (QED) is 0.769. The van der Waals surface area contributed by atoms with E-state index in [0.29, 0.717) is 0 Å². The van der Waals surface area contributed by atoms with E-state index in [2.05, 4.69) is 37.3 Å². The Morgan fingerprint density at radius 3 is 2.17 bits per heavy atom. The van der Waals surface area contributed by atoms with Crippen molar-refractivity contribution in [2.24, 2.45) is 0 Å². The van der Waals surface area contributed by atoms with Gasteiger partial charge in [0.2, 0.25) is 0 Å². The summed E-state index contributed by atoms with van der Waals surface area (Å²) in [5.41, 5.74) is 3.16. The predicted molar refractivity (Wildman–Crippen MR) is 97.1 cm³/mol. The zero-order chi connectivity index (χ0) is 17.1. The fourth-order valence-electron chi connectivity index (χ4n) is 2.19. The summed E-state index contributed by atoms with van der Waals surface area (Å²) < 4.78 is 5.77. The van der Waals surface area contributed by atoms with Crippen LogP contribution in [0.15, 0.2) is 54.8 Å². The summed E-state index contributed by atoms with van der Waals surface area (Å²) in [6.45, 7) is 9.38. The van der Waals surface area contributed by atoms with Crippen molar-refractivity contribution in [3.05, 3.63) is 65.9 Å². The first-order valence-electron chi connectivity index (χ1n) is 7.94. The van der Waals surface area contributed by atoms with Crippen LogP contribution in [0.5, 0.6) is 0 Å². The van der Waals surface area contributed by atoms with E-state index in [1.165, 1.54) is 16.7 Å². The Morgan fingerprint density at radius 2 is 1.57 bits per heavy atom. The van der Waals surface area contributed by atoms with Crippen LogP contribution in [0.3, 0.4) is 0 Å². The number of aliphatic hydroxyl groups is 1. The highest BCUT2D eigenvalue weighted by Crippen LogP contribution is 2.28. The van der Waals surface area contributed by atoms with E-state index in [0.717, 1.165) is 5.56 Å². The maximum absolute atomic E-state index is 10.1. The molecule has 0 heterocycles. The van der Waals surface area contributed by atoms with E-state index in [1.807, 2.05) is 38.1 Å². The SMILES string of the molecule is Cc1c(C=COC(C)(C)C(C)(C)O)cccc1-c1ccccc1. The Labute approximate surface area is 139 Å². The monoisotopic (exact) mass is 310 g/mol. The van der Waals surface area contributed by atoms with Gasteiger partial charge < -0.3 is 9.84 Å². The summed E-state index contributed by atoms with van der Waals surface area (Å²) in [5.74, 6) is 0. The van der Waals surface area contributed by atoms with Crippen LogP contribution < -0.4 is 0 Å². The van der Waals surface area contributed by atoms with Crippen LogP contribution in [0, 0.1) is 6.92 Å². The molecule has 122 valence electrons. The molecule has 1 N–H and O–H groups in total. The average Bonchev–Trinajstić information content (AvgIpc) is 2.48. The van der Waals surface area contributed by atoms with Crippen LogP contribution in [0.2, 0.25) is 0 Å². The molecule has 0 atom stereocenters. The van der Waals surface area contributed by atoms with Crippen molar-refractivity contribution in [1.82, 2.24) is 0 Å². The minimum Gasteiger partial charge on any atom is -0.492 e. The zero-order valence-electron chi connectivity index (χ0n) is 14.6. The molecule has 2 aromatic carbocycles. The lowest BCUT2D eigenvalue weighted by Gasteiger charge is -2.36. The molecule has 0 aliphatic carbocycles. The normalized spacial score (nSPS) is 12.6. The fourth-order valence-corrected chi connectivity index (χ4v) is 2.19. The van der Waals surface area contributed by atoms with E-state index in [4.69, 9.17) is 4.74 Å². The summed E-state index contributed by atoms with van der Waals surface area (Å²) in [6.07, 6.45) is 3.63. The number of rotatable bonds is 5. The summed E-state index contributed by atoms with van der Waals surface area (Å²) in [6, 6.07) is 16.6. The number of benzene rings is 2. The van der Waals surface area contributed by atoms with Gasteiger partial charge in [0.15, 0.2) is 0 Å². The standard InChI is InChI=1S/C21H26O2/c1-16-17(14-15-23-21(4,5)20(2,3)22)12-9-13-19(16)18-10-7-6-8-11-18/h6-15,22H,1-5H3. The van der Waals surface area contributed by atoms with E-state index in [-0.39, 0.29) is 0 Å². The maximum atomic E-state index is 10.1. The largest absolute Gasteiger partial charge is 0.492 e. The second-order valence-corrected chi connectivity index (χ2v) is 6.88. The third-order valence-corrected chi connectivity index (χ3v) is 4.54. The molecule has 2 aromatic rings. The van der Waals surface area contributed by atoms with Crippen LogP contribution in [0.1, 0.15) is 38.8 Å². The molecule has 0 bridgehead atoms. The Morgan fingerprint density at radius 1 is 0.913 bits per heavy atom. The minimum absolute atomic E-state index is 0.658. The molecular formula is C21H26O2. The average molecular weight is 310 g/mol. The van der Waals surface area contributed by atoms with Crippen LogP contribution in [-0.2, 0) is 4.74 Å². The van der Waals surface area contributed by atoms with Gasteiger partial charge in [-0.15, -0.1) is 0 Å². The Hall–Kier alpha value is -2.06. The molecular weight excluding hydrogens is 284 g/mol. The molecule has 2 nitrogen and oxygen atoms in total. The first-order valence-corrected chi connectivity index (χ1v) is 7.94. The Bertz CT molecular complexity index is 677. The van der Waals surface area contributed by atoms with Gasteiger partial charge in [-0.2, -0.15) is 0 Å². The number of ether oxygens (including phenoxy) is 1. The van der Waals surface area contributed by atoms with Crippen molar-refractivity contribution in [2.75, 3.05) is 0 Å². The van der Waals surface area contributed by atoms with Gasteiger partial charge in [0.05, 0.1) is 11.9 Å². The molecule has 0 aliphatic rings. The Balaban J connectivity index is 2.24. The van der Waals surface area contributed by atoms with Gasteiger partial charge in [0.1, 0.15) is 5.60 Å². The molecule has 23 heavy (non-hydrogen) atoms. The van der Waals surface area contributed by atoms with Crippen LogP contribution in [0.4, 0.5) is 0 Å². The zero-order valence-corrected chi connectivity index (χ0v) is 14.6. The van der Waals surface area contributed by atoms with Gasteiger partial charge in [-0.3, -0.25) is 0 Å². The van der Waals surface area contributed by atoms with Crippen molar-refractivity contribution in [1.29, 1.82) is 0 Å². The molecule has 0 saturated carbocycles. The lowest BCUT2D eigenvalue weighted by molar-refractivity contribution is -0.113. The van der Waals surface area contributed by atoms with Gasteiger partial charge in [-0.25, -0.2) is 0 Å². The highest BCUT2D eigenvalue weighted by molar-refractivity contribution is 5.72. The van der Waals surface area contributed by atoms with E-state index in [1.54, 1.807) is 20.1 Å². The molecule has 0 amide bonds. The van der Waals surface area contributed by atoms with Gasteiger partial charge in [-0.1, -0.05) is 48.5 Å². The summed E-state index contributed by atoms with van der Waals surface area (Å²) in [7, 11) is 0. The van der Waals surface area contributed by atoms with Crippen molar-refractivity contribution in [3.63, 3.8) is 0 Å². The molecule has 0 aliphatic heterocycles. The third kappa shape index (κ3) is 4.02. The molecule has 0 spiro atoms. The topological polar surface area (TPSA) is 29.5 Å². The first kappa shape index (κ1) is 17.3. The summed E-state index contributed by atoms with van der Waals surface area (Å²) in [5, 5.41) is 10.1. The molecule has 0 radical (unpaired) electrons. The van der Waals surface area contributed by atoms with Gasteiger partial charge in [-0.05, 0) is 62.9 Å². The third-order valence-electron chi connectivity index (χ3n) is 4.54. The lowest BCUT2D eigenvalue weighted by Crippen LogP contribution is -2.46. The fraction of sp³-hybridized carbons (Fsp3) is 0.333. The van der Waals surface area contributed by atoms with E-state index in [9.17, 15) is 5.11 Å². The number of hydrogen-bond donors (Lipinski definition) is 1. The molecule has 0 unspecified atom stereocenters. The summed E-state index contributed by atoms with van der Waals surface area (Å²) >= 11 is 0. The molecule has 2 heteroatoms. The van der Waals surface area contributed by atoms with Gasteiger partial charge in [0, 0.05) is 0 Å². The molecule has 2 rings (SSSR count). The highest BCUT2D eigenvalue weighted by Gasteiger charge is 2.36. The molecule has 0 saturated heterocycles.